The summed E-state index contributed by atoms with van der Waals surface area (Å²) in [6.45, 7) is 11.8. The molecule has 7 heteroatoms. The van der Waals surface area contributed by atoms with Gasteiger partial charge in [-0.15, -0.1) is 11.3 Å². The van der Waals surface area contributed by atoms with Gasteiger partial charge in [-0.1, -0.05) is 68.5 Å². The number of nitrogens with zero attached hydrogens (tertiary/aromatic N) is 3. The number of hydrogen-bond donors (Lipinski definition) is 1. The molecule has 2 fully saturated rings. The van der Waals surface area contributed by atoms with Gasteiger partial charge >= 0.3 is 0 Å². The lowest BCUT2D eigenvalue weighted by Gasteiger charge is -2.42. The Bertz CT molecular complexity index is 1400. The zero-order chi connectivity index (χ0) is 28.3. The zero-order valence-electron chi connectivity index (χ0n) is 24.4. The van der Waals surface area contributed by atoms with Gasteiger partial charge in [-0.3, -0.25) is 9.69 Å². The van der Waals surface area contributed by atoms with Crippen LogP contribution in [0.25, 0.3) is 21.2 Å². The van der Waals surface area contributed by atoms with Crippen LogP contribution in [0.1, 0.15) is 80.9 Å². The van der Waals surface area contributed by atoms with Gasteiger partial charge in [0, 0.05) is 30.7 Å². The van der Waals surface area contributed by atoms with Gasteiger partial charge in [0.25, 0.3) is 5.91 Å². The van der Waals surface area contributed by atoms with Crippen molar-refractivity contribution in [2.24, 2.45) is 11.3 Å². The molecule has 1 saturated carbocycles. The van der Waals surface area contributed by atoms with Crippen molar-refractivity contribution in [2.75, 3.05) is 26.3 Å². The Morgan fingerprint density at radius 1 is 1.18 bits per heavy atom. The van der Waals surface area contributed by atoms with Gasteiger partial charge in [-0.05, 0) is 56.4 Å². The summed E-state index contributed by atoms with van der Waals surface area (Å²) in [6.07, 6.45) is 7.22. The highest BCUT2D eigenvalue weighted by molar-refractivity contribution is 7.17. The van der Waals surface area contributed by atoms with Crippen molar-refractivity contribution in [1.82, 2.24) is 15.2 Å². The fourth-order valence-electron chi connectivity index (χ4n) is 5.97. The lowest BCUT2D eigenvalue weighted by atomic mass is 9.85. The van der Waals surface area contributed by atoms with Crippen molar-refractivity contribution in [1.29, 1.82) is 5.26 Å². The molecule has 0 unspecified atom stereocenters. The maximum absolute atomic E-state index is 13.2. The molecule has 0 spiro atoms. The molecule has 2 heterocycles. The van der Waals surface area contributed by atoms with Crippen LogP contribution in [-0.4, -0.2) is 47.6 Å². The number of nitriles is 1. The Morgan fingerprint density at radius 3 is 2.65 bits per heavy atom. The van der Waals surface area contributed by atoms with E-state index in [2.05, 4.69) is 66.5 Å². The van der Waals surface area contributed by atoms with E-state index in [1.807, 2.05) is 13.8 Å². The molecule has 1 amide bonds. The first-order valence-corrected chi connectivity index (χ1v) is 15.5. The summed E-state index contributed by atoms with van der Waals surface area (Å²) in [5.74, 6) is 0.414. The van der Waals surface area contributed by atoms with Gasteiger partial charge in [0.15, 0.2) is 5.01 Å². The summed E-state index contributed by atoms with van der Waals surface area (Å²) < 4.78 is 5.76. The number of hydrogen-bond acceptors (Lipinski definition) is 6. The van der Waals surface area contributed by atoms with Crippen LogP contribution in [-0.2, 0) is 17.7 Å². The number of morpholine rings is 1. The number of rotatable bonds is 8. The Hall–Kier alpha value is -2.79. The highest BCUT2D eigenvalue weighted by Gasteiger charge is 2.31. The molecular weight excluding hydrogens is 516 g/mol. The van der Waals surface area contributed by atoms with Crippen LogP contribution in [0.5, 0.6) is 0 Å². The molecule has 3 aromatic rings. The highest BCUT2D eigenvalue weighted by atomic mass is 32.1. The quantitative estimate of drug-likeness (QED) is 0.323. The lowest BCUT2D eigenvalue weighted by molar-refractivity contribution is -0.0551. The van der Waals surface area contributed by atoms with Gasteiger partial charge in [-0.25, -0.2) is 4.98 Å². The van der Waals surface area contributed by atoms with E-state index in [1.165, 1.54) is 59.8 Å². The molecule has 1 aromatic heterocycles. The predicted molar refractivity (Wildman–Crippen MR) is 162 cm³/mol. The Labute approximate surface area is 242 Å². The molecular formula is C33H42N4O2S. The minimum absolute atomic E-state index is 0.00869. The molecule has 1 N–H and O–H groups in total. The Kier molecular flexibility index (Phi) is 8.61. The van der Waals surface area contributed by atoms with Crippen LogP contribution in [0.3, 0.4) is 0 Å². The number of ether oxygens (including phenoxy) is 1. The van der Waals surface area contributed by atoms with Crippen molar-refractivity contribution in [3.63, 3.8) is 0 Å². The number of carbonyl (C=O) groups is 1. The van der Waals surface area contributed by atoms with Crippen LogP contribution in [0.15, 0.2) is 36.4 Å². The third kappa shape index (κ3) is 6.40. The van der Waals surface area contributed by atoms with E-state index in [0.717, 1.165) is 48.9 Å². The van der Waals surface area contributed by atoms with E-state index in [9.17, 15) is 10.1 Å². The first kappa shape index (κ1) is 28.7. The summed E-state index contributed by atoms with van der Waals surface area (Å²) >= 11 is 1.49. The van der Waals surface area contributed by atoms with Gasteiger partial charge in [0.05, 0.1) is 35.3 Å². The van der Waals surface area contributed by atoms with Crippen LogP contribution in [0, 0.1) is 22.7 Å². The largest absolute Gasteiger partial charge is 0.378 e. The second-order valence-electron chi connectivity index (χ2n) is 12.8. The van der Waals surface area contributed by atoms with E-state index < -0.39 is 5.41 Å². The maximum atomic E-state index is 13.2. The number of amides is 1. The fraction of sp³-hybridized carbons (Fsp3) is 0.545. The molecule has 1 aliphatic carbocycles. The summed E-state index contributed by atoms with van der Waals surface area (Å²) in [4.78, 5) is 21.8. The SMILES string of the molecule is CC(C)(C#N)CNC(=O)c1nc(CC2CCCCC2)c(-c2ccc(CN3CCOCC3(C)C)c3ccccc23)s1. The average molecular weight is 559 g/mol. The molecule has 0 atom stereocenters. The van der Waals surface area contributed by atoms with Gasteiger partial charge in [0.1, 0.15) is 0 Å². The number of nitrogens with one attached hydrogen (secondary N) is 1. The molecule has 2 aromatic carbocycles. The summed E-state index contributed by atoms with van der Waals surface area (Å²) in [6, 6.07) is 15.4. The monoisotopic (exact) mass is 558 g/mol. The molecule has 0 radical (unpaired) electrons. The van der Waals surface area contributed by atoms with E-state index in [4.69, 9.17) is 9.72 Å². The lowest BCUT2D eigenvalue weighted by Crippen LogP contribution is -2.52. The van der Waals surface area contributed by atoms with Crippen LogP contribution in [0.2, 0.25) is 0 Å². The second kappa shape index (κ2) is 12.0. The zero-order valence-corrected chi connectivity index (χ0v) is 25.2. The number of fused-ring (bicyclic) bond motifs is 1. The van der Waals surface area contributed by atoms with Gasteiger partial charge in [0.2, 0.25) is 0 Å². The second-order valence-corrected chi connectivity index (χ2v) is 13.8. The summed E-state index contributed by atoms with van der Waals surface area (Å²) in [5, 5.41) is 15.3. The fourth-order valence-corrected chi connectivity index (χ4v) is 7.01. The Balaban J connectivity index is 1.51. The number of aromatic nitrogens is 1. The first-order chi connectivity index (χ1) is 19.2. The van der Waals surface area contributed by atoms with E-state index >= 15 is 0 Å². The van der Waals surface area contributed by atoms with E-state index in [-0.39, 0.29) is 11.4 Å². The topological polar surface area (TPSA) is 78.2 Å². The third-order valence-electron chi connectivity index (χ3n) is 8.53. The number of benzene rings is 2. The predicted octanol–water partition coefficient (Wildman–Crippen LogP) is 6.98. The van der Waals surface area contributed by atoms with Crippen molar-refractivity contribution < 1.29 is 9.53 Å². The molecule has 1 aliphatic heterocycles. The van der Waals surface area contributed by atoms with Crippen molar-refractivity contribution in [3.05, 3.63) is 52.7 Å². The third-order valence-corrected chi connectivity index (χ3v) is 9.66. The Morgan fingerprint density at radius 2 is 1.93 bits per heavy atom. The maximum Gasteiger partial charge on any atom is 0.280 e. The van der Waals surface area contributed by atoms with Gasteiger partial charge in [-0.2, -0.15) is 5.26 Å². The van der Waals surface area contributed by atoms with Crippen molar-refractivity contribution in [3.8, 4) is 16.5 Å². The molecule has 0 bridgehead atoms. The molecule has 6 nitrogen and oxygen atoms in total. The van der Waals surface area contributed by atoms with Crippen molar-refractivity contribution in [2.45, 2.75) is 78.3 Å². The minimum atomic E-state index is -0.623. The molecule has 212 valence electrons. The van der Waals surface area contributed by atoms with Crippen LogP contribution < -0.4 is 5.32 Å². The highest BCUT2D eigenvalue weighted by Crippen LogP contribution is 2.40. The molecule has 40 heavy (non-hydrogen) atoms. The van der Waals surface area contributed by atoms with E-state index in [0.29, 0.717) is 17.5 Å². The van der Waals surface area contributed by atoms with Crippen LogP contribution in [0.4, 0.5) is 0 Å². The van der Waals surface area contributed by atoms with Crippen molar-refractivity contribution >= 4 is 28.0 Å². The van der Waals surface area contributed by atoms with Gasteiger partial charge < -0.3 is 10.1 Å². The molecule has 5 rings (SSSR count). The van der Waals surface area contributed by atoms with E-state index in [1.54, 1.807) is 0 Å². The molecule has 1 saturated heterocycles. The summed E-state index contributed by atoms with van der Waals surface area (Å²) in [5.41, 5.74) is 2.87. The smallest absolute Gasteiger partial charge is 0.280 e. The first-order valence-electron chi connectivity index (χ1n) is 14.7. The summed E-state index contributed by atoms with van der Waals surface area (Å²) in [7, 11) is 0. The number of carbonyl (C=O) groups excluding carboxylic acids is 1. The minimum Gasteiger partial charge on any atom is -0.378 e. The van der Waals surface area contributed by atoms with Crippen LogP contribution >= 0.6 is 11.3 Å². The normalized spacial score (nSPS) is 18.5. The standard InChI is InChI=1S/C33H42N4O2S/c1-32(2,20-34)21-35-30(38)31-36-28(18-23-10-6-5-7-11-23)29(40-31)27-15-14-24(25-12-8-9-13-26(25)27)19-37-16-17-39-22-33(37,3)4/h8-9,12-15,23H,5-7,10-11,16-19,21-22H2,1-4H3,(H,35,38). The average Bonchev–Trinajstić information content (AvgIpc) is 3.37. The molecule has 2 aliphatic rings. The number of thiazole rings is 1.